The van der Waals surface area contributed by atoms with Gasteiger partial charge >= 0.3 is 0 Å². The number of nitrogens with zero attached hydrogens (tertiary/aromatic N) is 2. The zero-order chi connectivity index (χ0) is 18.8. The van der Waals surface area contributed by atoms with Gasteiger partial charge in [0.2, 0.25) is 0 Å². The smallest absolute Gasteiger partial charge is 0.293 e. The molecule has 1 N–H and O–H groups in total. The molecule has 0 saturated carbocycles. The molecule has 0 unspecified atom stereocenters. The second-order valence-electron chi connectivity index (χ2n) is 6.53. The highest BCUT2D eigenvalue weighted by molar-refractivity contribution is 14.1. The van der Waals surface area contributed by atoms with E-state index < -0.39 is 4.92 Å². The van der Waals surface area contributed by atoms with Crippen LogP contribution in [0.4, 0.5) is 17.1 Å². The SMILES string of the molecule is Cc1cc(NC(=O)c2ccc(N3CCCC3)c([N+](=O)[O-])c2)c(C)cc1I. The minimum atomic E-state index is -0.412. The fraction of sp³-hybridized carbons (Fsp3) is 0.316. The van der Waals surface area contributed by atoms with Crippen molar-refractivity contribution in [2.24, 2.45) is 0 Å². The number of nitro groups is 1. The van der Waals surface area contributed by atoms with Gasteiger partial charge in [-0.05, 0) is 84.7 Å². The average molecular weight is 465 g/mol. The Labute approximate surface area is 165 Å². The number of amides is 1. The van der Waals surface area contributed by atoms with Crippen LogP contribution >= 0.6 is 22.6 Å². The number of anilines is 2. The number of hydrogen-bond acceptors (Lipinski definition) is 4. The Morgan fingerprint density at radius 2 is 1.85 bits per heavy atom. The van der Waals surface area contributed by atoms with Gasteiger partial charge in [0.1, 0.15) is 5.69 Å². The predicted molar refractivity (Wildman–Crippen MR) is 111 cm³/mol. The van der Waals surface area contributed by atoms with Gasteiger partial charge < -0.3 is 10.2 Å². The lowest BCUT2D eigenvalue weighted by atomic mass is 10.1. The summed E-state index contributed by atoms with van der Waals surface area (Å²) in [6, 6.07) is 8.64. The van der Waals surface area contributed by atoms with E-state index in [-0.39, 0.29) is 17.2 Å². The quantitative estimate of drug-likeness (QED) is 0.405. The van der Waals surface area contributed by atoms with Crippen molar-refractivity contribution in [3.05, 3.63) is 60.7 Å². The molecule has 1 aliphatic heterocycles. The third-order valence-corrected chi connectivity index (χ3v) is 5.80. The van der Waals surface area contributed by atoms with E-state index in [1.165, 1.54) is 6.07 Å². The van der Waals surface area contributed by atoms with Crippen LogP contribution in [0, 0.1) is 27.5 Å². The number of hydrogen-bond donors (Lipinski definition) is 1. The molecule has 2 aromatic carbocycles. The third kappa shape index (κ3) is 3.82. The molecule has 0 aliphatic carbocycles. The molecule has 1 fully saturated rings. The Hall–Kier alpha value is -2.16. The van der Waals surface area contributed by atoms with Crippen LogP contribution in [0.5, 0.6) is 0 Å². The number of rotatable bonds is 4. The molecule has 0 spiro atoms. The lowest BCUT2D eigenvalue weighted by Gasteiger charge is -2.18. The Bertz CT molecular complexity index is 877. The minimum Gasteiger partial charge on any atom is -0.366 e. The van der Waals surface area contributed by atoms with Crippen LogP contribution in [0.25, 0.3) is 0 Å². The summed E-state index contributed by atoms with van der Waals surface area (Å²) < 4.78 is 1.13. The Morgan fingerprint density at radius 1 is 1.15 bits per heavy atom. The van der Waals surface area contributed by atoms with Gasteiger partial charge in [-0.2, -0.15) is 0 Å². The number of nitrogens with one attached hydrogen (secondary N) is 1. The molecule has 0 radical (unpaired) electrons. The molecule has 0 atom stereocenters. The summed E-state index contributed by atoms with van der Waals surface area (Å²) >= 11 is 2.25. The highest BCUT2D eigenvalue weighted by atomic mass is 127. The van der Waals surface area contributed by atoms with Crippen LogP contribution in [0.2, 0.25) is 0 Å². The summed E-state index contributed by atoms with van der Waals surface area (Å²) in [6.45, 7) is 5.53. The topological polar surface area (TPSA) is 75.5 Å². The third-order valence-electron chi connectivity index (χ3n) is 4.63. The maximum absolute atomic E-state index is 12.6. The zero-order valence-electron chi connectivity index (χ0n) is 14.7. The van der Waals surface area contributed by atoms with Crippen LogP contribution in [0.15, 0.2) is 30.3 Å². The van der Waals surface area contributed by atoms with E-state index in [0.29, 0.717) is 5.69 Å². The van der Waals surface area contributed by atoms with Crippen molar-refractivity contribution in [1.29, 1.82) is 0 Å². The molecular weight excluding hydrogens is 445 g/mol. The summed E-state index contributed by atoms with van der Waals surface area (Å²) in [7, 11) is 0. The minimum absolute atomic E-state index is 0.0185. The Balaban J connectivity index is 1.89. The first kappa shape index (κ1) is 18.6. The fourth-order valence-electron chi connectivity index (χ4n) is 3.15. The number of carbonyl (C=O) groups is 1. The first-order valence-electron chi connectivity index (χ1n) is 8.48. The molecule has 2 aromatic rings. The van der Waals surface area contributed by atoms with Gasteiger partial charge in [-0.25, -0.2) is 0 Å². The molecule has 26 heavy (non-hydrogen) atoms. The zero-order valence-corrected chi connectivity index (χ0v) is 16.9. The second-order valence-corrected chi connectivity index (χ2v) is 7.69. The number of nitro benzene ring substituents is 1. The predicted octanol–water partition coefficient (Wildman–Crippen LogP) is 4.67. The summed E-state index contributed by atoms with van der Waals surface area (Å²) in [5, 5.41) is 14.4. The molecule has 7 heteroatoms. The first-order chi connectivity index (χ1) is 12.4. The Morgan fingerprint density at radius 3 is 2.50 bits per heavy atom. The van der Waals surface area contributed by atoms with Crippen molar-refractivity contribution in [2.75, 3.05) is 23.3 Å². The number of benzene rings is 2. The molecule has 0 aromatic heterocycles. The highest BCUT2D eigenvalue weighted by Crippen LogP contribution is 2.32. The molecule has 1 aliphatic rings. The van der Waals surface area contributed by atoms with Crippen molar-refractivity contribution in [2.45, 2.75) is 26.7 Å². The number of aryl methyl sites for hydroxylation is 2. The van der Waals surface area contributed by atoms with E-state index in [1.54, 1.807) is 12.1 Å². The van der Waals surface area contributed by atoms with E-state index in [1.807, 2.05) is 30.9 Å². The van der Waals surface area contributed by atoms with Gasteiger partial charge in [0.05, 0.1) is 4.92 Å². The summed E-state index contributed by atoms with van der Waals surface area (Å²) in [5.74, 6) is -0.343. The standard InChI is InChI=1S/C19H20IN3O3/c1-12-10-16(13(2)9-15(12)20)21-19(24)14-5-6-17(18(11-14)23(25)26)22-7-3-4-8-22/h5-6,9-11H,3-4,7-8H2,1-2H3,(H,21,24). The monoisotopic (exact) mass is 465 g/mol. The van der Waals surface area contributed by atoms with E-state index in [2.05, 4.69) is 27.9 Å². The highest BCUT2D eigenvalue weighted by Gasteiger charge is 2.24. The molecular formula is C19H20IN3O3. The van der Waals surface area contributed by atoms with E-state index in [4.69, 9.17) is 0 Å². The van der Waals surface area contributed by atoms with Crippen molar-refractivity contribution in [3.63, 3.8) is 0 Å². The van der Waals surface area contributed by atoms with Gasteiger partial charge in [-0.3, -0.25) is 14.9 Å². The molecule has 1 saturated heterocycles. The van der Waals surface area contributed by atoms with Gasteiger partial charge in [-0.1, -0.05) is 0 Å². The second kappa shape index (κ2) is 7.61. The number of carbonyl (C=O) groups excluding carboxylic acids is 1. The van der Waals surface area contributed by atoms with E-state index in [9.17, 15) is 14.9 Å². The maximum atomic E-state index is 12.6. The van der Waals surface area contributed by atoms with E-state index >= 15 is 0 Å². The van der Waals surface area contributed by atoms with Crippen LogP contribution < -0.4 is 10.2 Å². The molecule has 6 nitrogen and oxygen atoms in total. The molecule has 136 valence electrons. The van der Waals surface area contributed by atoms with Gasteiger partial charge in [0, 0.05) is 34.0 Å². The van der Waals surface area contributed by atoms with Crippen molar-refractivity contribution < 1.29 is 9.72 Å². The molecule has 1 heterocycles. The van der Waals surface area contributed by atoms with Gasteiger partial charge in [0.15, 0.2) is 0 Å². The summed E-state index contributed by atoms with van der Waals surface area (Å²) in [4.78, 5) is 25.7. The van der Waals surface area contributed by atoms with Crippen LogP contribution in [0.1, 0.15) is 34.3 Å². The molecule has 1 amide bonds. The van der Waals surface area contributed by atoms with Gasteiger partial charge in [-0.15, -0.1) is 0 Å². The van der Waals surface area contributed by atoms with Crippen LogP contribution in [0.3, 0.4) is 0 Å². The Kier molecular flexibility index (Phi) is 5.45. The lowest BCUT2D eigenvalue weighted by molar-refractivity contribution is -0.384. The lowest BCUT2D eigenvalue weighted by Crippen LogP contribution is -2.20. The molecule has 3 rings (SSSR count). The van der Waals surface area contributed by atoms with Gasteiger partial charge in [0.25, 0.3) is 11.6 Å². The summed E-state index contributed by atoms with van der Waals surface area (Å²) in [5.41, 5.74) is 3.60. The largest absolute Gasteiger partial charge is 0.366 e. The van der Waals surface area contributed by atoms with Crippen LogP contribution in [-0.2, 0) is 0 Å². The van der Waals surface area contributed by atoms with E-state index in [0.717, 1.165) is 46.3 Å². The first-order valence-corrected chi connectivity index (χ1v) is 9.56. The van der Waals surface area contributed by atoms with Crippen molar-refractivity contribution in [1.82, 2.24) is 0 Å². The van der Waals surface area contributed by atoms with Crippen LogP contribution in [-0.4, -0.2) is 23.9 Å². The number of halogens is 1. The molecule has 0 bridgehead atoms. The normalized spacial score (nSPS) is 13.7. The maximum Gasteiger partial charge on any atom is 0.293 e. The average Bonchev–Trinajstić information content (AvgIpc) is 3.13. The fourth-order valence-corrected chi connectivity index (χ4v) is 3.77. The van der Waals surface area contributed by atoms with Crippen molar-refractivity contribution >= 4 is 45.6 Å². The summed E-state index contributed by atoms with van der Waals surface area (Å²) in [6.07, 6.45) is 2.07. The van der Waals surface area contributed by atoms with Crippen molar-refractivity contribution in [3.8, 4) is 0 Å².